The van der Waals surface area contributed by atoms with E-state index in [4.69, 9.17) is 9.84 Å². The highest BCUT2D eigenvalue weighted by atomic mass is 16.5. The first-order valence-electron chi connectivity index (χ1n) is 6.07. The summed E-state index contributed by atoms with van der Waals surface area (Å²) in [6, 6.07) is 7.33. The normalized spacial score (nSPS) is 9.32. The lowest BCUT2D eigenvalue weighted by atomic mass is 10.0. The van der Waals surface area contributed by atoms with Crippen molar-refractivity contribution in [1.82, 2.24) is 0 Å². The predicted octanol–water partition coefficient (Wildman–Crippen LogP) is 2.01. The number of carbonyl (C=O) groups is 2. The van der Waals surface area contributed by atoms with E-state index in [2.05, 4.69) is 11.8 Å². The molecule has 0 aromatic heterocycles. The van der Waals surface area contributed by atoms with Crippen molar-refractivity contribution in [3.05, 3.63) is 35.4 Å². The Morgan fingerprint density at radius 1 is 1.32 bits per heavy atom. The van der Waals surface area contributed by atoms with Gasteiger partial charge in [0, 0.05) is 12.0 Å². The van der Waals surface area contributed by atoms with Crippen molar-refractivity contribution < 1.29 is 19.4 Å². The van der Waals surface area contributed by atoms with Crippen molar-refractivity contribution in [2.24, 2.45) is 0 Å². The topological polar surface area (TPSA) is 63.6 Å². The molecule has 0 saturated heterocycles. The summed E-state index contributed by atoms with van der Waals surface area (Å²) in [4.78, 5) is 21.7. The Labute approximate surface area is 112 Å². The van der Waals surface area contributed by atoms with Gasteiger partial charge in [-0.15, -0.1) is 0 Å². The van der Waals surface area contributed by atoms with Crippen molar-refractivity contribution in [1.29, 1.82) is 0 Å². The van der Waals surface area contributed by atoms with Crippen molar-refractivity contribution in [3.8, 4) is 11.8 Å². The molecule has 0 saturated carbocycles. The number of carboxylic acids is 1. The van der Waals surface area contributed by atoms with Gasteiger partial charge < -0.3 is 9.84 Å². The Balaban J connectivity index is 2.69. The zero-order valence-electron chi connectivity index (χ0n) is 10.8. The molecule has 0 aliphatic carbocycles. The molecule has 100 valence electrons. The minimum absolute atomic E-state index is 0.0428. The molecule has 0 aliphatic heterocycles. The third kappa shape index (κ3) is 5.73. The number of benzene rings is 1. The van der Waals surface area contributed by atoms with Crippen LogP contribution < -0.4 is 0 Å². The maximum absolute atomic E-state index is 11.1. The van der Waals surface area contributed by atoms with E-state index in [9.17, 15) is 9.59 Å². The van der Waals surface area contributed by atoms with Gasteiger partial charge in [0.1, 0.15) is 6.42 Å². The number of rotatable bonds is 5. The molecule has 0 atom stereocenters. The van der Waals surface area contributed by atoms with Crippen LogP contribution in [-0.2, 0) is 20.7 Å². The minimum Gasteiger partial charge on any atom is -0.481 e. The van der Waals surface area contributed by atoms with E-state index < -0.39 is 5.97 Å². The first-order chi connectivity index (χ1) is 9.13. The summed E-state index contributed by atoms with van der Waals surface area (Å²) in [6.45, 7) is 2.09. The van der Waals surface area contributed by atoms with Crippen LogP contribution >= 0.6 is 0 Å². The smallest absolute Gasteiger partial charge is 0.317 e. The van der Waals surface area contributed by atoms with Gasteiger partial charge in [0.15, 0.2) is 0 Å². The Morgan fingerprint density at radius 3 is 2.74 bits per heavy atom. The molecule has 19 heavy (non-hydrogen) atoms. The highest BCUT2D eigenvalue weighted by Gasteiger charge is 2.03. The number of esters is 1. The number of carboxylic acid groups (broad SMARTS) is 1. The molecule has 4 heteroatoms. The summed E-state index contributed by atoms with van der Waals surface area (Å²) in [5.41, 5.74) is 1.63. The molecule has 0 spiro atoms. The standard InChI is InChI=1S/C15H16O4/c1-2-19-15(18)9-5-8-12-6-3-4-7-13(12)10-11-14(16)17/h3-4,6-7H,2,9-11H2,1H3,(H,16,17). The van der Waals surface area contributed by atoms with Gasteiger partial charge in [0.25, 0.3) is 0 Å². The third-order valence-corrected chi connectivity index (χ3v) is 2.39. The molecule has 1 aromatic rings. The quantitative estimate of drug-likeness (QED) is 0.649. The second-order valence-electron chi connectivity index (χ2n) is 3.83. The van der Waals surface area contributed by atoms with Crippen LogP contribution in [0.25, 0.3) is 0 Å². The molecule has 0 aliphatic rings. The molecule has 0 bridgehead atoms. The summed E-state index contributed by atoms with van der Waals surface area (Å²) in [7, 11) is 0. The van der Waals surface area contributed by atoms with E-state index in [-0.39, 0.29) is 18.8 Å². The molecule has 0 fully saturated rings. The molecule has 0 radical (unpaired) electrons. The van der Waals surface area contributed by atoms with E-state index in [0.717, 1.165) is 11.1 Å². The van der Waals surface area contributed by atoms with Crippen molar-refractivity contribution in [2.45, 2.75) is 26.2 Å². The van der Waals surface area contributed by atoms with Crippen LogP contribution in [0.15, 0.2) is 24.3 Å². The minimum atomic E-state index is -0.839. The first kappa shape index (κ1) is 14.8. The van der Waals surface area contributed by atoms with Gasteiger partial charge in [-0.25, -0.2) is 0 Å². The number of aliphatic carboxylic acids is 1. The van der Waals surface area contributed by atoms with Crippen LogP contribution in [0.3, 0.4) is 0 Å². The van der Waals surface area contributed by atoms with Crippen LogP contribution in [0.4, 0.5) is 0 Å². The monoisotopic (exact) mass is 260 g/mol. The van der Waals surface area contributed by atoms with E-state index in [1.165, 1.54) is 0 Å². The highest BCUT2D eigenvalue weighted by Crippen LogP contribution is 2.10. The molecule has 0 amide bonds. The molecule has 4 nitrogen and oxygen atoms in total. The van der Waals surface area contributed by atoms with Crippen LogP contribution in [0.1, 0.15) is 30.9 Å². The predicted molar refractivity (Wildman–Crippen MR) is 70.5 cm³/mol. The van der Waals surface area contributed by atoms with E-state index >= 15 is 0 Å². The van der Waals surface area contributed by atoms with Crippen molar-refractivity contribution in [3.63, 3.8) is 0 Å². The molecular weight excluding hydrogens is 244 g/mol. The van der Waals surface area contributed by atoms with E-state index in [0.29, 0.717) is 13.0 Å². The van der Waals surface area contributed by atoms with Gasteiger partial charge in [-0.1, -0.05) is 30.0 Å². The van der Waals surface area contributed by atoms with Gasteiger partial charge in [0.2, 0.25) is 0 Å². The lowest BCUT2D eigenvalue weighted by molar-refractivity contribution is -0.142. The van der Waals surface area contributed by atoms with Crippen molar-refractivity contribution >= 4 is 11.9 Å². The maximum Gasteiger partial charge on any atom is 0.317 e. The second kappa shape index (κ2) is 7.93. The van der Waals surface area contributed by atoms with Gasteiger partial charge in [0.05, 0.1) is 6.61 Å². The molecular formula is C15H16O4. The fourth-order valence-electron chi connectivity index (χ4n) is 1.53. The van der Waals surface area contributed by atoms with Gasteiger partial charge in [-0.3, -0.25) is 9.59 Å². The Bertz CT molecular complexity index is 508. The Morgan fingerprint density at radius 2 is 2.05 bits per heavy atom. The van der Waals surface area contributed by atoms with Gasteiger partial charge >= 0.3 is 11.9 Å². The lowest BCUT2D eigenvalue weighted by Crippen LogP contribution is -2.02. The van der Waals surface area contributed by atoms with Gasteiger partial charge in [-0.2, -0.15) is 0 Å². The Kier molecular flexibility index (Phi) is 6.17. The largest absolute Gasteiger partial charge is 0.481 e. The summed E-state index contributed by atoms with van der Waals surface area (Å²) in [5.74, 6) is 4.44. The molecule has 0 heterocycles. The molecule has 1 rings (SSSR count). The van der Waals surface area contributed by atoms with E-state index in [1.54, 1.807) is 6.92 Å². The fourth-order valence-corrected chi connectivity index (χ4v) is 1.53. The number of aryl methyl sites for hydroxylation is 1. The summed E-state index contributed by atoms with van der Waals surface area (Å²) >= 11 is 0. The molecule has 1 N–H and O–H groups in total. The first-order valence-corrected chi connectivity index (χ1v) is 6.07. The number of carbonyl (C=O) groups excluding carboxylic acids is 1. The van der Waals surface area contributed by atoms with E-state index in [1.807, 2.05) is 24.3 Å². The summed E-state index contributed by atoms with van der Waals surface area (Å²) in [6.07, 6.45) is 0.539. The average Bonchev–Trinajstić information content (AvgIpc) is 2.38. The number of hydrogen-bond donors (Lipinski definition) is 1. The van der Waals surface area contributed by atoms with Crippen LogP contribution in [0.5, 0.6) is 0 Å². The summed E-state index contributed by atoms with van der Waals surface area (Å²) < 4.78 is 4.77. The zero-order valence-corrected chi connectivity index (χ0v) is 10.8. The number of hydrogen-bond acceptors (Lipinski definition) is 3. The third-order valence-electron chi connectivity index (χ3n) is 2.39. The van der Waals surface area contributed by atoms with Crippen LogP contribution in [0.2, 0.25) is 0 Å². The summed E-state index contributed by atoms with van der Waals surface area (Å²) in [5, 5.41) is 8.68. The lowest BCUT2D eigenvalue weighted by Gasteiger charge is -2.02. The molecule has 1 aromatic carbocycles. The molecule has 0 unspecified atom stereocenters. The maximum atomic E-state index is 11.1. The van der Waals surface area contributed by atoms with Crippen LogP contribution in [-0.4, -0.2) is 23.7 Å². The SMILES string of the molecule is CCOC(=O)CC#Cc1ccccc1CCC(=O)O. The van der Waals surface area contributed by atoms with Crippen LogP contribution in [0, 0.1) is 11.8 Å². The second-order valence-corrected chi connectivity index (χ2v) is 3.83. The fraction of sp³-hybridized carbons (Fsp3) is 0.333. The van der Waals surface area contributed by atoms with Crippen molar-refractivity contribution in [2.75, 3.05) is 6.61 Å². The number of ether oxygens (including phenoxy) is 1. The zero-order chi connectivity index (χ0) is 14.1. The average molecular weight is 260 g/mol. The Hall–Kier alpha value is -2.28. The van der Waals surface area contributed by atoms with Gasteiger partial charge in [-0.05, 0) is 25.0 Å². The highest BCUT2D eigenvalue weighted by molar-refractivity contribution is 5.72.